The van der Waals surface area contributed by atoms with Crippen molar-refractivity contribution in [2.75, 3.05) is 106 Å². The molecule has 0 saturated carbocycles. The summed E-state index contributed by atoms with van der Waals surface area (Å²) in [4.78, 5) is 46.7. The van der Waals surface area contributed by atoms with Gasteiger partial charge in [-0.25, -0.2) is 0 Å². The molecule has 32 heteroatoms. The lowest BCUT2D eigenvalue weighted by molar-refractivity contribution is -0.125. The van der Waals surface area contributed by atoms with Gasteiger partial charge in [-0.05, 0) is 146 Å². The Bertz CT molecular complexity index is 3840. The second kappa shape index (κ2) is 68.6. The first-order chi connectivity index (χ1) is 57.1. The van der Waals surface area contributed by atoms with Crippen LogP contribution in [0.15, 0.2) is 148 Å². The summed E-state index contributed by atoms with van der Waals surface area (Å²) in [5.41, 5.74) is 5.04. The molecule has 28 nitrogen and oxygen atoms in total. The molecule has 0 spiro atoms. The number of ketones is 4. The van der Waals surface area contributed by atoms with E-state index in [1.165, 1.54) is 156 Å². The quantitative estimate of drug-likeness (QED) is 0.0171. The number of ether oxygens (including phenoxy) is 12. The lowest BCUT2D eigenvalue weighted by Crippen LogP contribution is -2.26. The van der Waals surface area contributed by atoms with Crippen molar-refractivity contribution in [2.45, 2.75) is 225 Å². The highest BCUT2D eigenvalue weighted by Crippen LogP contribution is 2.22. The highest BCUT2D eigenvalue weighted by atomic mass is 32.2. The minimum absolute atomic E-state index is 0.0540. The maximum Gasteiger partial charge on any atom is 0.291 e. The summed E-state index contributed by atoms with van der Waals surface area (Å²) < 4.78 is 171. The highest BCUT2D eigenvalue weighted by Gasteiger charge is 2.21. The number of hydrogen-bond acceptors (Lipinski definition) is 28. The van der Waals surface area contributed by atoms with Gasteiger partial charge in [0.05, 0.1) is 28.4 Å². The SMILES string of the molecule is C=CC(=O)CC(COc1ccc(CCCC)cc1)OCOCS(=O)(=O)OC.C=CC(=O)CC(COc1ccc(CCCCCC)cc1)OCOCS(=O)(=O)OC.C=CC(=O)CC(COc1ccc(CCCCCCCC)cc1)OCOCS(=O)(=O)OC.C=CC(=O)CC(COc1ccc(CCCCCCCCC)cc1)OCOCS(=O)(=O)OC. The lowest BCUT2D eigenvalue weighted by atomic mass is 10.0. The van der Waals surface area contributed by atoms with Crippen molar-refractivity contribution in [1.82, 2.24) is 0 Å². The summed E-state index contributed by atoms with van der Waals surface area (Å²) in [6.07, 6.45) is 30.6. The van der Waals surface area contributed by atoms with Crippen LogP contribution in [0.4, 0.5) is 0 Å². The van der Waals surface area contributed by atoms with E-state index >= 15 is 0 Å². The van der Waals surface area contributed by atoms with Gasteiger partial charge in [0.2, 0.25) is 0 Å². The Morgan fingerprint density at radius 1 is 0.286 bits per heavy atom. The summed E-state index contributed by atoms with van der Waals surface area (Å²) in [6, 6.07) is 31.4. The molecule has 0 aliphatic heterocycles. The molecule has 674 valence electrons. The Morgan fingerprint density at radius 3 is 0.664 bits per heavy atom. The molecule has 4 atom stereocenters. The van der Waals surface area contributed by atoms with Crippen molar-refractivity contribution in [3.8, 4) is 23.0 Å². The van der Waals surface area contributed by atoms with Gasteiger partial charge in [-0.15, -0.1) is 0 Å². The molecule has 4 aromatic carbocycles. The summed E-state index contributed by atoms with van der Waals surface area (Å²) >= 11 is 0. The first-order valence-corrected chi connectivity index (χ1v) is 46.8. The maximum atomic E-state index is 11.7. The van der Waals surface area contributed by atoms with Crippen LogP contribution in [0.3, 0.4) is 0 Å². The summed E-state index contributed by atoms with van der Waals surface area (Å²) in [6.45, 7) is 21.8. The van der Waals surface area contributed by atoms with Crippen LogP contribution in [0.2, 0.25) is 0 Å². The van der Waals surface area contributed by atoms with Crippen LogP contribution < -0.4 is 18.9 Å². The zero-order valence-corrected chi connectivity index (χ0v) is 74.6. The number of rotatable bonds is 71. The summed E-state index contributed by atoms with van der Waals surface area (Å²) in [5.74, 6) is -0.654. The summed E-state index contributed by atoms with van der Waals surface area (Å²) in [7, 11) is -10.7. The number of carbonyl (C=O) groups is 4. The normalized spacial score (nSPS) is 12.5. The van der Waals surface area contributed by atoms with E-state index in [9.17, 15) is 52.8 Å². The number of carbonyl (C=O) groups excluding carboxylic acids is 4. The van der Waals surface area contributed by atoms with E-state index in [0.717, 1.165) is 67.0 Å². The molecule has 119 heavy (non-hydrogen) atoms. The molecule has 0 heterocycles. The van der Waals surface area contributed by atoms with Gasteiger partial charge in [0.15, 0.2) is 46.9 Å². The fraction of sp³-hybridized carbons (Fsp3) is 0.586. The third-order valence-corrected chi connectivity index (χ3v) is 21.4. The van der Waals surface area contributed by atoms with Gasteiger partial charge in [0.1, 0.15) is 101 Å². The van der Waals surface area contributed by atoms with E-state index in [1.807, 2.05) is 84.9 Å². The average molecular weight is 1760 g/mol. The van der Waals surface area contributed by atoms with Crippen LogP contribution in [0, 0.1) is 0 Å². The topological polar surface area (TPSA) is 353 Å². The molecular formula is C87H134O28S4. The van der Waals surface area contributed by atoms with Crippen molar-refractivity contribution in [3.63, 3.8) is 0 Å². The van der Waals surface area contributed by atoms with Gasteiger partial charge < -0.3 is 56.8 Å². The van der Waals surface area contributed by atoms with E-state index < -0.39 is 88.6 Å². The standard InChI is InChI=1S/C24H38O7S.C23H36O7S.C21H32O7S.C19H28O7S/c1-4-6-7-8-9-10-11-12-21-13-15-23(16-14-21)30-18-24(17-22(25)5-2)31-19-29-20-32(26,27)28-3;1-4-6-7-8-9-10-11-20-12-14-22(15-13-20)29-17-23(16-21(24)5-2)30-18-28-19-31(25,26)27-3;1-4-6-7-8-9-18-10-12-20(13-11-18)27-15-21(14-19(22)5-2)28-16-26-17-29(23,24)25-3;1-4-6-7-16-8-10-18(11-9-16)25-13-19(12-17(20)5-2)26-14-24-15-27(21,22)23-3/h5,13-16,24H,2,4,6-12,17-20H2,1,3H3;5,12-15,23H,2,4,6-11,16-19H2,1,3H3;5,10-13,21H,2,4,6-9,14-17H2,1,3H3;5,8-11,19H,2,4,6-7,12-15H2,1,3H3. The number of aryl methyl sites for hydroxylation is 4. The van der Waals surface area contributed by atoms with Crippen LogP contribution in [0.5, 0.6) is 23.0 Å². The minimum atomic E-state index is -3.74. The Balaban J connectivity index is 0.000000795. The number of benzene rings is 4. The predicted molar refractivity (Wildman–Crippen MR) is 459 cm³/mol. The molecule has 4 unspecified atom stereocenters. The van der Waals surface area contributed by atoms with Gasteiger partial charge in [0.25, 0.3) is 40.5 Å². The molecule has 0 amide bonds. The average Bonchev–Trinajstić information content (AvgIpc) is 0.904. The molecule has 0 radical (unpaired) electrons. The molecule has 4 rings (SSSR count). The van der Waals surface area contributed by atoms with Gasteiger partial charge in [-0.1, -0.05) is 199 Å². The third-order valence-electron chi connectivity index (χ3n) is 17.6. The van der Waals surface area contributed by atoms with Crippen molar-refractivity contribution < 1.29 is 126 Å². The molecular weight excluding hydrogens is 1620 g/mol. The Kier molecular flexibility index (Phi) is 63.4. The second-order valence-corrected chi connectivity index (χ2v) is 34.2. The molecule has 0 saturated heterocycles. The molecule has 0 aromatic heterocycles. The highest BCUT2D eigenvalue weighted by molar-refractivity contribution is 7.87. The van der Waals surface area contributed by atoms with Crippen LogP contribution in [-0.2, 0) is 140 Å². The smallest absolute Gasteiger partial charge is 0.291 e. The second-order valence-electron chi connectivity index (χ2n) is 27.4. The van der Waals surface area contributed by atoms with E-state index in [0.29, 0.717) is 23.0 Å². The van der Waals surface area contributed by atoms with Crippen LogP contribution in [0.1, 0.15) is 198 Å². The fourth-order valence-electron chi connectivity index (χ4n) is 10.5. The van der Waals surface area contributed by atoms with Crippen molar-refractivity contribution in [1.29, 1.82) is 0 Å². The zero-order valence-electron chi connectivity index (χ0n) is 71.3. The van der Waals surface area contributed by atoms with Crippen molar-refractivity contribution in [2.24, 2.45) is 0 Å². The Labute approximate surface area is 710 Å². The van der Waals surface area contributed by atoms with Crippen molar-refractivity contribution >= 4 is 63.6 Å². The third kappa shape index (κ3) is 60.2. The lowest BCUT2D eigenvalue weighted by Gasteiger charge is -2.17. The number of hydrogen-bond donors (Lipinski definition) is 0. The first kappa shape index (κ1) is 110. The maximum absolute atomic E-state index is 11.7. The van der Waals surface area contributed by atoms with Gasteiger partial charge in [0, 0.05) is 25.7 Å². The first-order valence-electron chi connectivity index (χ1n) is 40.5. The van der Waals surface area contributed by atoms with Crippen LogP contribution in [0.25, 0.3) is 0 Å². The van der Waals surface area contributed by atoms with Gasteiger partial charge in [-0.2, -0.15) is 33.7 Å². The van der Waals surface area contributed by atoms with E-state index in [4.69, 9.17) is 56.8 Å². The molecule has 0 fully saturated rings. The van der Waals surface area contributed by atoms with Gasteiger partial charge >= 0.3 is 0 Å². The molecule has 4 aromatic rings. The van der Waals surface area contributed by atoms with Crippen molar-refractivity contribution in [3.05, 3.63) is 170 Å². The van der Waals surface area contributed by atoms with E-state index in [2.05, 4.69) is 82.9 Å². The van der Waals surface area contributed by atoms with E-state index in [-0.39, 0.29) is 102 Å². The largest absolute Gasteiger partial charge is 0.491 e. The fourth-order valence-corrected chi connectivity index (χ4v) is 12.0. The molecule has 0 N–H and O–H groups in total. The monoisotopic (exact) mass is 1750 g/mol. The molecule has 0 bridgehead atoms. The summed E-state index contributed by atoms with van der Waals surface area (Å²) in [5, 5.41) is 0. The van der Waals surface area contributed by atoms with E-state index in [1.54, 1.807) is 0 Å². The molecule has 0 aliphatic carbocycles. The van der Waals surface area contributed by atoms with Crippen LogP contribution in [-0.4, -0.2) is 187 Å². The van der Waals surface area contributed by atoms with Gasteiger partial charge in [-0.3, -0.25) is 35.9 Å². The van der Waals surface area contributed by atoms with Crippen LogP contribution >= 0.6 is 0 Å². The number of allylic oxidation sites excluding steroid dienone is 4. The number of unbranched alkanes of at least 4 members (excludes halogenated alkanes) is 15. The Hall–Kier alpha value is -6.96. The Morgan fingerprint density at radius 2 is 0.471 bits per heavy atom. The minimum Gasteiger partial charge on any atom is -0.491 e. The molecule has 0 aliphatic rings. The zero-order chi connectivity index (χ0) is 88.3. The predicted octanol–water partition coefficient (Wildman–Crippen LogP) is 15.7.